The molecule has 0 aliphatic rings. The monoisotopic (exact) mass is 458 g/mol. The summed E-state index contributed by atoms with van der Waals surface area (Å²) in [7, 11) is -6.16. The molecule has 16 heteroatoms. The van der Waals surface area contributed by atoms with Crippen LogP contribution in [0.3, 0.4) is 0 Å². The van der Waals surface area contributed by atoms with Crippen molar-refractivity contribution in [3.05, 3.63) is 0 Å². The van der Waals surface area contributed by atoms with Crippen molar-refractivity contribution in [3.8, 4) is 0 Å². The largest absolute Gasteiger partial charge is 1.00 e. The predicted octanol–water partition coefficient (Wildman–Crippen LogP) is -0.199. The van der Waals surface area contributed by atoms with Gasteiger partial charge in [-0.15, -0.1) is 0 Å². The second kappa shape index (κ2) is 11.7. The first-order chi connectivity index (χ1) is 11.1. The summed E-state index contributed by atoms with van der Waals surface area (Å²) in [6, 6.07) is 0. The molecule has 152 valence electrons. The van der Waals surface area contributed by atoms with Gasteiger partial charge in [-0.05, 0) is 0 Å². The van der Waals surface area contributed by atoms with E-state index in [-0.39, 0.29) is 51.4 Å². The first-order valence-electron chi connectivity index (χ1n) is 6.14. The Labute approximate surface area is 182 Å². The van der Waals surface area contributed by atoms with Gasteiger partial charge in [-0.1, -0.05) is 0 Å². The fourth-order valence-electron chi connectivity index (χ4n) is 1.50. The molecule has 9 unspecified atom stereocenters. The van der Waals surface area contributed by atoms with Gasteiger partial charge in [0, 0.05) is 0 Å². The Morgan fingerprint density at radius 2 is 0.731 bits per heavy atom. The molecule has 0 aliphatic carbocycles. The Bertz CT molecular complexity index is 512. The summed E-state index contributed by atoms with van der Waals surface area (Å²) >= 11 is 0. The van der Waals surface area contributed by atoms with Gasteiger partial charge in [0.2, 0.25) is 5.50 Å². The van der Waals surface area contributed by atoms with Gasteiger partial charge in [0.05, 0.1) is 0 Å². The Hall–Kier alpha value is 0.776. The third kappa shape index (κ3) is 7.65. The van der Waals surface area contributed by atoms with Gasteiger partial charge in [-0.2, -0.15) is 0 Å². The van der Waals surface area contributed by atoms with E-state index in [9.17, 15) is 61.3 Å². The van der Waals surface area contributed by atoms with Crippen LogP contribution in [0.5, 0.6) is 0 Å². The molecule has 0 bridgehead atoms. The number of alkyl halides is 11. The summed E-state index contributed by atoms with van der Waals surface area (Å²) < 4.78 is 171. The number of hydrogen-bond donors (Lipinski definition) is 0. The van der Waals surface area contributed by atoms with E-state index in [1.54, 1.807) is 0 Å². The van der Waals surface area contributed by atoms with Crippen molar-refractivity contribution in [2.75, 3.05) is 0 Å². The molecule has 0 fully saturated rings. The van der Waals surface area contributed by atoms with E-state index < -0.39 is 71.4 Å². The quantitative estimate of drug-likeness (QED) is 0.259. The molecule has 0 saturated carbocycles. The summed E-state index contributed by atoms with van der Waals surface area (Å²) in [5.41, 5.74) is -4.23. The molecule has 0 aliphatic heterocycles. The molecule has 0 aromatic heterocycles. The molecular formula is C10H10F11KO3S. The molecule has 0 rings (SSSR count). The van der Waals surface area contributed by atoms with Gasteiger partial charge in [0.1, 0.15) is 10.1 Å². The summed E-state index contributed by atoms with van der Waals surface area (Å²) in [6.07, 6.45) is -37.0. The third-order valence-electron chi connectivity index (χ3n) is 2.90. The van der Waals surface area contributed by atoms with Gasteiger partial charge >= 0.3 is 51.4 Å². The maximum absolute atomic E-state index is 13.2. The first-order valence-corrected chi connectivity index (χ1v) is 7.61. The van der Waals surface area contributed by atoms with E-state index in [2.05, 4.69) is 0 Å². The molecule has 26 heavy (non-hydrogen) atoms. The molecule has 3 nitrogen and oxygen atoms in total. The van der Waals surface area contributed by atoms with Crippen molar-refractivity contribution in [2.45, 2.75) is 61.3 Å². The third-order valence-corrected chi connectivity index (χ3v) is 3.71. The number of rotatable bonds is 10. The van der Waals surface area contributed by atoms with Crippen molar-refractivity contribution in [2.24, 2.45) is 0 Å². The van der Waals surface area contributed by atoms with E-state index in [4.69, 9.17) is 0 Å². The zero-order valence-electron chi connectivity index (χ0n) is 12.6. The minimum absolute atomic E-state index is 0. The average Bonchev–Trinajstić information content (AvgIpc) is 2.54. The second-order valence-electron chi connectivity index (χ2n) is 4.73. The minimum Gasteiger partial charge on any atom is -0.746 e. The Morgan fingerprint density at radius 1 is 0.500 bits per heavy atom. The van der Waals surface area contributed by atoms with Crippen LogP contribution in [0.15, 0.2) is 0 Å². The summed E-state index contributed by atoms with van der Waals surface area (Å²) in [5.74, 6) is 0. The topological polar surface area (TPSA) is 57.2 Å². The Morgan fingerprint density at radius 3 is 0.962 bits per heavy atom. The Balaban J connectivity index is 0. The fourth-order valence-corrected chi connectivity index (χ4v) is 1.97. The predicted molar refractivity (Wildman–Crippen MR) is 59.8 cm³/mol. The standard InChI is InChI=1S/C10H11F11O3S.K/c11-1(3(13)5(15)7(17)9(19)20)2(12)4(14)6(16)8(18)10(21)25(22,23)24;/h1-10H,(H,22,23,24);/q;+1/p-1. The van der Waals surface area contributed by atoms with E-state index >= 15 is 0 Å². The smallest absolute Gasteiger partial charge is 0.746 e. The van der Waals surface area contributed by atoms with Gasteiger partial charge in [-0.25, -0.2) is 56.7 Å². The van der Waals surface area contributed by atoms with Gasteiger partial charge in [-0.3, -0.25) is 0 Å². The van der Waals surface area contributed by atoms with Crippen LogP contribution < -0.4 is 51.4 Å². The molecule has 0 heterocycles. The van der Waals surface area contributed by atoms with Crippen LogP contribution in [0.4, 0.5) is 48.3 Å². The molecule has 0 N–H and O–H groups in total. The van der Waals surface area contributed by atoms with Crippen LogP contribution in [0.25, 0.3) is 0 Å². The summed E-state index contributed by atoms with van der Waals surface area (Å²) in [4.78, 5) is 0. The van der Waals surface area contributed by atoms with E-state index in [0.717, 1.165) is 0 Å². The first kappa shape index (κ1) is 29.0. The van der Waals surface area contributed by atoms with Crippen molar-refractivity contribution in [1.29, 1.82) is 0 Å². The molecular weight excluding hydrogens is 448 g/mol. The van der Waals surface area contributed by atoms with Crippen LogP contribution in [0.2, 0.25) is 0 Å². The van der Waals surface area contributed by atoms with E-state index in [1.165, 1.54) is 0 Å². The van der Waals surface area contributed by atoms with Crippen LogP contribution in [-0.4, -0.2) is 74.3 Å². The van der Waals surface area contributed by atoms with Crippen LogP contribution >= 0.6 is 0 Å². The van der Waals surface area contributed by atoms with E-state index in [0.29, 0.717) is 0 Å². The van der Waals surface area contributed by atoms with Crippen molar-refractivity contribution in [3.63, 3.8) is 0 Å². The number of halogens is 11. The number of hydrogen-bond acceptors (Lipinski definition) is 3. The molecule has 0 spiro atoms. The normalized spacial score (nSPS) is 23.1. The van der Waals surface area contributed by atoms with Gasteiger partial charge in [0.25, 0.3) is 6.43 Å². The second-order valence-corrected chi connectivity index (χ2v) is 6.17. The summed E-state index contributed by atoms with van der Waals surface area (Å²) in [5, 5.41) is 0. The SMILES string of the molecule is O=S(=O)([O-])C(F)C(F)C(F)C(F)C(F)C(F)C(F)C(F)C(F)C(F)F.[K+]. The van der Waals surface area contributed by atoms with Gasteiger partial charge < -0.3 is 4.55 Å². The Kier molecular flexibility index (Phi) is 13.0. The van der Waals surface area contributed by atoms with Crippen molar-refractivity contribution >= 4 is 10.1 Å². The fraction of sp³-hybridized carbons (Fsp3) is 1.00. The van der Waals surface area contributed by atoms with Gasteiger partial charge in [0.15, 0.2) is 49.4 Å². The van der Waals surface area contributed by atoms with E-state index in [1.807, 2.05) is 0 Å². The summed E-state index contributed by atoms with van der Waals surface area (Å²) in [6.45, 7) is 0. The van der Waals surface area contributed by atoms with Crippen molar-refractivity contribution < 1.29 is 113 Å². The zero-order chi connectivity index (χ0) is 20.3. The molecule has 0 aromatic carbocycles. The van der Waals surface area contributed by atoms with Crippen LogP contribution in [0, 0.1) is 0 Å². The molecule has 0 amide bonds. The van der Waals surface area contributed by atoms with Crippen molar-refractivity contribution in [1.82, 2.24) is 0 Å². The molecule has 0 radical (unpaired) electrons. The maximum atomic E-state index is 13.2. The average molecular weight is 458 g/mol. The zero-order valence-corrected chi connectivity index (χ0v) is 16.5. The molecule has 0 aromatic rings. The van der Waals surface area contributed by atoms with Crippen LogP contribution in [0.1, 0.15) is 0 Å². The maximum Gasteiger partial charge on any atom is 1.00 e. The minimum atomic E-state index is -6.16. The van der Waals surface area contributed by atoms with Crippen LogP contribution in [-0.2, 0) is 10.1 Å². The molecule has 0 saturated heterocycles. The molecule has 9 atom stereocenters.